The number of hydrogen-bond donors (Lipinski definition) is 0. The maximum absolute atomic E-state index is 2.42. The van der Waals surface area contributed by atoms with Gasteiger partial charge < -0.3 is 4.90 Å². The maximum Gasteiger partial charge on any atom is 0.0234 e. The largest absolute Gasteiger partial charge is 0.301 e. The summed E-state index contributed by atoms with van der Waals surface area (Å²) in [6.07, 6.45) is 0. The summed E-state index contributed by atoms with van der Waals surface area (Å²) >= 11 is 0. The van der Waals surface area contributed by atoms with E-state index in [0.29, 0.717) is 5.92 Å². The van der Waals surface area contributed by atoms with Crippen LogP contribution in [0.2, 0.25) is 0 Å². The first-order valence-corrected chi connectivity index (χ1v) is 6.57. The van der Waals surface area contributed by atoms with Gasteiger partial charge in [-0.1, -0.05) is 54.1 Å². The highest BCUT2D eigenvalue weighted by Gasteiger charge is 2.24. The van der Waals surface area contributed by atoms with E-state index >= 15 is 0 Å². The lowest BCUT2D eigenvalue weighted by molar-refractivity contribution is 0.295. The van der Waals surface area contributed by atoms with Gasteiger partial charge in [0.2, 0.25) is 0 Å². The zero-order chi connectivity index (χ0) is 12.5. The fraction of sp³-hybridized carbons (Fsp3) is 0.294. The van der Waals surface area contributed by atoms with Crippen molar-refractivity contribution in [2.45, 2.75) is 19.4 Å². The van der Waals surface area contributed by atoms with Crippen molar-refractivity contribution in [3.8, 4) is 0 Å². The number of fused-ring (bicyclic) bond motifs is 1. The minimum absolute atomic E-state index is 0.514. The van der Waals surface area contributed by atoms with Gasteiger partial charge in [-0.3, -0.25) is 0 Å². The first kappa shape index (κ1) is 11.5. The monoisotopic (exact) mass is 237 g/mol. The van der Waals surface area contributed by atoms with Gasteiger partial charge in [0.25, 0.3) is 0 Å². The molecule has 3 rings (SSSR count). The van der Waals surface area contributed by atoms with Gasteiger partial charge >= 0.3 is 0 Å². The predicted octanol–water partition coefficient (Wildman–Crippen LogP) is 3.57. The molecule has 0 aromatic heterocycles. The van der Waals surface area contributed by atoms with Crippen molar-refractivity contribution in [1.82, 2.24) is 4.90 Å². The third kappa shape index (κ3) is 2.06. The second kappa shape index (κ2) is 4.58. The van der Waals surface area contributed by atoms with E-state index in [4.69, 9.17) is 0 Å². The molecule has 0 amide bonds. The van der Waals surface area contributed by atoms with E-state index in [2.05, 4.69) is 67.4 Å². The lowest BCUT2D eigenvalue weighted by atomic mass is 9.84. The number of nitrogens with zero attached hydrogens (tertiary/aromatic N) is 1. The molecule has 0 radical (unpaired) electrons. The molecule has 92 valence electrons. The molecule has 0 bridgehead atoms. The fourth-order valence-corrected chi connectivity index (χ4v) is 2.95. The number of likely N-dealkylation sites (N-methyl/N-ethyl adjacent to an activating group) is 1. The van der Waals surface area contributed by atoms with Crippen LogP contribution in [0.1, 0.15) is 28.2 Å². The molecule has 1 atom stereocenters. The molecule has 1 heteroatoms. The van der Waals surface area contributed by atoms with E-state index in [1.54, 1.807) is 0 Å². The van der Waals surface area contributed by atoms with Gasteiger partial charge in [0.05, 0.1) is 0 Å². The number of benzene rings is 2. The number of hydrogen-bond acceptors (Lipinski definition) is 1. The summed E-state index contributed by atoms with van der Waals surface area (Å²) in [5, 5.41) is 0. The summed E-state index contributed by atoms with van der Waals surface area (Å²) in [6.45, 7) is 4.35. The average Bonchev–Trinajstić information content (AvgIpc) is 2.38. The van der Waals surface area contributed by atoms with Crippen molar-refractivity contribution in [2.24, 2.45) is 0 Å². The lowest BCUT2D eigenvalue weighted by Gasteiger charge is -2.32. The molecule has 1 heterocycles. The third-order valence-electron chi connectivity index (χ3n) is 3.81. The summed E-state index contributed by atoms with van der Waals surface area (Å²) in [5.41, 5.74) is 5.77. The van der Waals surface area contributed by atoms with Crippen LogP contribution in [0.4, 0.5) is 0 Å². The summed E-state index contributed by atoms with van der Waals surface area (Å²) in [5.74, 6) is 0.514. The molecule has 1 aliphatic rings. The summed E-state index contributed by atoms with van der Waals surface area (Å²) < 4.78 is 0. The third-order valence-corrected chi connectivity index (χ3v) is 3.81. The van der Waals surface area contributed by atoms with Crippen LogP contribution in [-0.2, 0) is 6.54 Å². The Balaban J connectivity index is 2.08. The molecule has 0 saturated carbocycles. The van der Waals surface area contributed by atoms with Gasteiger partial charge in [-0.25, -0.2) is 0 Å². The van der Waals surface area contributed by atoms with Crippen molar-refractivity contribution in [3.05, 3.63) is 70.8 Å². The standard InChI is InChI=1S/C17H19N/c1-13-8-9-16-15(10-13)11-18(2)12-17(16)14-6-4-3-5-7-14/h3-10,17H,11-12H2,1-2H3/t17-/m1/s1. The number of rotatable bonds is 1. The highest BCUT2D eigenvalue weighted by atomic mass is 15.1. The fourth-order valence-electron chi connectivity index (χ4n) is 2.95. The molecule has 1 nitrogen and oxygen atoms in total. The normalized spacial score (nSPS) is 19.6. The lowest BCUT2D eigenvalue weighted by Crippen LogP contribution is -2.31. The van der Waals surface area contributed by atoms with E-state index in [9.17, 15) is 0 Å². The Morgan fingerprint density at radius 3 is 2.61 bits per heavy atom. The van der Waals surface area contributed by atoms with E-state index in [-0.39, 0.29) is 0 Å². The van der Waals surface area contributed by atoms with Crippen molar-refractivity contribution >= 4 is 0 Å². The Hall–Kier alpha value is -1.60. The van der Waals surface area contributed by atoms with Crippen LogP contribution in [-0.4, -0.2) is 18.5 Å². The Bertz CT molecular complexity index is 545. The van der Waals surface area contributed by atoms with Crippen molar-refractivity contribution in [1.29, 1.82) is 0 Å². The summed E-state index contributed by atoms with van der Waals surface area (Å²) in [7, 11) is 2.21. The van der Waals surface area contributed by atoms with E-state index < -0.39 is 0 Å². The Labute approximate surface area is 109 Å². The molecular weight excluding hydrogens is 218 g/mol. The molecule has 1 aliphatic heterocycles. The Kier molecular flexibility index (Phi) is 2.92. The van der Waals surface area contributed by atoms with Gasteiger partial charge in [0.1, 0.15) is 0 Å². The summed E-state index contributed by atoms with van der Waals surface area (Å²) in [4.78, 5) is 2.42. The molecule has 0 aliphatic carbocycles. The minimum Gasteiger partial charge on any atom is -0.301 e. The van der Waals surface area contributed by atoms with Gasteiger partial charge in [-0.2, -0.15) is 0 Å². The van der Waals surface area contributed by atoms with Crippen LogP contribution in [0.15, 0.2) is 48.5 Å². The maximum atomic E-state index is 2.42. The molecule has 0 saturated heterocycles. The van der Waals surface area contributed by atoms with E-state index in [1.807, 2.05) is 0 Å². The topological polar surface area (TPSA) is 3.24 Å². The highest BCUT2D eigenvalue weighted by molar-refractivity contribution is 5.42. The molecule has 0 unspecified atom stereocenters. The quantitative estimate of drug-likeness (QED) is 0.733. The second-order valence-electron chi connectivity index (χ2n) is 5.36. The molecule has 2 aromatic rings. The zero-order valence-electron chi connectivity index (χ0n) is 11.1. The second-order valence-corrected chi connectivity index (χ2v) is 5.36. The SMILES string of the molecule is Cc1ccc2c(c1)CN(C)C[C@@H]2c1ccccc1. The highest BCUT2D eigenvalue weighted by Crippen LogP contribution is 2.33. The smallest absolute Gasteiger partial charge is 0.0234 e. The van der Waals surface area contributed by atoms with E-state index in [0.717, 1.165) is 13.1 Å². The van der Waals surface area contributed by atoms with Crippen LogP contribution in [0.25, 0.3) is 0 Å². The summed E-state index contributed by atoms with van der Waals surface area (Å²) in [6, 6.07) is 17.7. The van der Waals surface area contributed by atoms with Gasteiger partial charge in [-0.15, -0.1) is 0 Å². The minimum atomic E-state index is 0.514. The van der Waals surface area contributed by atoms with Crippen molar-refractivity contribution in [2.75, 3.05) is 13.6 Å². The zero-order valence-corrected chi connectivity index (χ0v) is 11.1. The first-order chi connectivity index (χ1) is 8.74. The van der Waals surface area contributed by atoms with Crippen molar-refractivity contribution < 1.29 is 0 Å². The first-order valence-electron chi connectivity index (χ1n) is 6.57. The van der Waals surface area contributed by atoms with E-state index in [1.165, 1.54) is 22.3 Å². The van der Waals surface area contributed by atoms with Crippen LogP contribution in [0.5, 0.6) is 0 Å². The van der Waals surface area contributed by atoms with Crippen molar-refractivity contribution in [3.63, 3.8) is 0 Å². The van der Waals surface area contributed by atoms with Gasteiger partial charge in [0, 0.05) is 19.0 Å². The van der Waals surface area contributed by atoms with Crippen LogP contribution < -0.4 is 0 Å². The van der Waals surface area contributed by atoms with Crippen LogP contribution >= 0.6 is 0 Å². The molecule has 2 aromatic carbocycles. The molecule has 18 heavy (non-hydrogen) atoms. The van der Waals surface area contributed by atoms with Crippen LogP contribution in [0.3, 0.4) is 0 Å². The average molecular weight is 237 g/mol. The predicted molar refractivity (Wildman–Crippen MR) is 75.8 cm³/mol. The van der Waals surface area contributed by atoms with Gasteiger partial charge in [0.15, 0.2) is 0 Å². The Morgan fingerprint density at radius 1 is 1.06 bits per heavy atom. The van der Waals surface area contributed by atoms with Gasteiger partial charge in [-0.05, 0) is 30.7 Å². The van der Waals surface area contributed by atoms with Crippen LogP contribution in [0, 0.1) is 6.92 Å². The molecule has 0 spiro atoms. The molecule has 0 N–H and O–H groups in total. The number of aryl methyl sites for hydroxylation is 1. The Morgan fingerprint density at radius 2 is 1.83 bits per heavy atom. The molecule has 0 fully saturated rings. The molecular formula is C17H19N.